The Labute approximate surface area is 91.5 Å². The monoisotopic (exact) mass is 221 g/mol. The lowest BCUT2D eigenvalue weighted by molar-refractivity contribution is -0.138. The maximum Gasteiger partial charge on any atom is 0.303 e. The quantitative estimate of drug-likeness (QED) is 0.767. The molecule has 3 N–H and O–H groups in total. The Bertz CT molecular complexity index is 179. The van der Waals surface area contributed by atoms with Crippen molar-refractivity contribution in [3.63, 3.8) is 0 Å². The largest absolute Gasteiger partial charge is 0.481 e. The summed E-state index contributed by atoms with van der Waals surface area (Å²) in [6.45, 7) is 2.04. The number of hydrogen-bond donors (Lipinski definition) is 2. The molecule has 0 saturated heterocycles. The van der Waals surface area contributed by atoms with E-state index in [1.165, 1.54) is 0 Å². The van der Waals surface area contributed by atoms with Crippen molar-refractivity contribution in [1.29, 1.82) is 0 Å². The summed E-state index contributed by atoms with van der Waals surface area (Å²) in [5, 5.41) is 8.64. The fraction of sp³-hybridized carbons (Fsp3) is 0.900. The predicted molar refractivity (Wildman–Crippen MR) is 58.6 cm³/mol. The first-order valence-corrected chi connectivity index (χ1v) is 5.07. The molecule has 0 heterocycles. The van der Waals surface area contributed by atoms with E-state index in [-0.39, 0.29) is 12.4 Å². The van der Waals surface area contributed by atoms with Gasteiger partial charge in [-0.3, -0.25) is 4.79 Å². The molecular weight excluding hydrogens is 202 g/mol. The number of carbonyl (C=O) groups is 1. The van der Waals surface area contributed by atoms with Gasteiger partial charge in [-0.25, -0.2) is 0 Å². The zero-order valence-corrected chi connectivity index (χ0v) is 9.43. The van der Waals surface area contributed by atoms with Gasteiger partial charge in [0.15, 0.2) is 0 Å². The molecule has 14 heavy (non-hydrogen) atoms. The van der Waals surface area contributed by atoms with Gasteiger partial charge in [-0.2, -0.15) is 0 Å². The second kappa shape index (κ2) is 6.25. The summed E-state index contributed by atoms with van der Waals surface area (Å²) in [5.41, 5.74) is 5.78. The third-order valence-electron chi connectivity index (χ3n) is 3.12. The number of carboxylic acids is 1. The van der Waals surface area contributed by atoms with Crippen LogP contribution in [0.15, 0.2) is 0 Å². The summed E-state index contributed by atoms with van der Waals surface area (Å²) in [6, 6.07) is 0.355. The van der Waals surface area contributed by atoms with Crippen LogP contribution in [0.2, 0.25) is 0 Å². The summed E-state index contributed by atoms with van der Waals surface area (Å²) in [4.78, 5) is 10.5. The number of halogens is 1. The van der Waals surface area contributed by atoms with Gasteiger partial charge in [0.1, 0.15) is 0 Å². The molecule has 1 atom stereocenters. The number of nitrogens with two attached hydrogens (primary N) is 1. The van der Waals surface area contributed by atoms with Crippen molar-refractivity contribution in [1.82, 2.24) is 0 Å². The molecule has 0 aromatic carbocycles. The van der Waals surface area contributed by atoms with E-state index in [0.717, 1.165) is 25.7 Å². The minimum absolute atomic E-state index is 0. The predicted octanol–water partition coefficient (Wildman–Crippen LogP) is 2.04. The van der Waals surface area contributed by atoms with Gasteiger partial charge in [-0.15, -0.1) is 12.4 Å². The second-order valence-corrected chi connectivity index (χ2v) is 4.25. The Morgan fingerprint density at radius 2 is 1.93 bits per heavy atom. The van der Waals surface area contributed by atoms with Crippen molar-refractivity contribution in [2.24, 2.45) is 17.6 Å². The smallest absolute Gasteiger partial charge is 0.303 e. The summed E-state index contributed by atoms with van der Waals surface area (Å²) in [5.74, 6) is 0.211. The van der Waals surface area contributed by atoms with Gasteiger partial charge in [-0.05, 0) is 37.5 Å². The molecule has 0 aromatic rings. The third-order valence-corrected chi connectivity index (χ3v) is 3.12. The minimum atomic E-state index is -0.678. The van der Waals surface area contributed by atoms with E-state index in [0.29, 0.717) is 24.3 Å². The first-order valence-electron chi connectivity index (χ1n) is 5.07. The highest BCUT2D eigenvalue weighted by Gasteiger charge is 2.24. The van der Waals surface area contributed by atoms with Crippen molar-refractivity contribution in [2.45, 2.75) is 45.1 Å². The van der Waals surface area contributed by atoms with Gasteiger partial charge in [-0.1, -0.05) is 6.92 Å². The van der Waals surface area contributed by atoms with Gasteiger partial charge >= 0.3 is 5.97 Å². The molecule has 0 aromatic heterocycles. The second-order valence-electron chi connectivity index (χ2n) is 4.25. The zero-order valence-electron chi connectivity index (χ0n) is 8.61. The highest BCUT2D eigenvalue weighted by atomic mass is 35.5. The van der Waals surface area contributed by atoms with Crippen LogP contribution in [0, 0.1) is 11.8 Å². The molecule has 4 heteroatoms. The Hall–Kier alpha value is -0.280. The van der Waals surface area contributed by atoms with E-state index in [2.05, 4.69) is 0 Å². The van der Waals surface area contributed by atoms with Gasteiger partial charge in [0.25, 0.3) is 0 Å². The number of aliphatic carboxylic acids is 1. The van der Waals surface area contributed by atoms with Crippen LogP contribution in [0.3, 0.4) is 0 Å². The minimum Gasteiger partial charge on any atom is -0.481 e. The lowest BCUT2D eigenvalue weighted by Gasteiger charge is -2.29. The molecule has 3 nitrogen and oxygen atoms in total. The average Bonchev–Trinajstić information content (AvgIpc) is 2.04. The summed E-state index contributed by atoms with van der Waals surface area (Å²) < 4.78 is 0. The average molecular weight is 222 g/mol. The topological polar surface area (TPSA) is 63.3 Å². The maximum atomic E-state index is 10.5. The Morgan fingerprint density at radius 3 is 2.36 bits per heavy atom. The molecular formula is C10H20ClNO2. The van der Waals surface area contributed by atoms with Crippen molar-refractivity contribution >= 4 is 18.4 Å². The highest BCUT2D eigenvalue weighted by molar-refractivity contribution is 5.85. The lowest BCUT2D eigenvalue weighted by atomic mass is 9.78. The van der Waals surface area contributed by atoms with Crippen LogP contribution >= 0.6 is 12.4 Å². The fourth-order valence-electron chi connectivity index (χ4n) is 2.16. The summed E-state index contributed by atoms with van der Waals surface area (Å²) in [6.07, 6.45) is 4.65. The molecule has 0 aliphatic heterocycles. The van der Waals surface area contributed by atoms with Crippen LogP contribution in [0.25, 0.3) is 0 Å². The van der Waals surface area contributed by atoms with Gasteiger partial charge < -0.3 is 10.8 Å². The van der Waals surface area contributed by atoms with Gasteiger partial charge in [0.05, 0.1) is 0 Å². The van der Waals surface area contributed by atoms with Crippen LogP contribution in [0.4, 0.5) is 0 Å². The molecule has 0 bridgehead atoms. The first-order chi connectivity index (χ1) is 6.09. The van der Waals surface area contributed by atoms with Gasteiger partial charge in [0.2, 0.25) is 0 Å². The highest BCUT2D eigenvalue weighted by Crippen LogP contribution is 2.30. The Kier molecular flexibility index (Phi) is 6.12. The molecule has 1 rings (SSSR count). The maximum absolute atomic E-state index is 10.5. The number of hydrogen-bond acceptors (Lipinski definition) is 2. The van der Waals surface area contributed by atoms with E-state index in [1.807, 2.05) is 6.92 Å². The molecule has 1 saturated carbocycles. The first kappa shape index (κ1) is 13.7. The normalized spacial score (nSPS) is 29.0. The van der Waals surface area contributed by atoms with Crippen LogP contribution < -0.4 is 5.73 Å². The molecule has 1 aliphatic rings. The number of carboxylic acid groups (broad SMARTS) is 1. The summed E-state index contributed by atoms with van der Waals surface area (Å²) >= 11 is 0. The molecule has 0 spiro atoms. The molecule has 0 amide bonds. The van der Waals surface area contributed by atoms with E-state index in [9.17, 15) is 4.79 Å². The standard InChI is InChI=1S/C10H19NO2.ClH/c1-7(6-10(12)13)8-2-4-9(11)5-3-8;/h7-9H,2-6,11H2,1H3,(H,12,13);1H/t7?,8-,9-;. The van der Waals surface area contributed by atoms with Crippen molar-refractivity contribution in [3.05, 3.63) is 0 Å². The van der Waals surface area contributed by atoms with Crippen LogP contribution in [0.5, 0.6) is 0 Å². The Balaban J connectivity index is 0.00000169. The van der Waals surface area contributed by atoms with E-state index >= 15 is 0 Å². The van der Waals surface area contributed by atoms with Crippen molar-refractivity contribution in [3.8, 4) is 0 Å². The third kappa shape index (κ3) is 4.29. The van der Waals surface area contributed by atoms with Crippen LogP contribution in [-0.2, 0) is 4.79 Å². The van der Waals surface area contributed by atoms with Gasteiger partial charge in [0, 0.05) is 12.5 Å². The lowest BCUT2D eigenvalue weighted by Crippen LogP contribution is -2.29. The molecule has 1 aliphatic carbocycles. The molecule has 1 unspecified atom stereocenters. The van der Waals surface area contributed by atoms with E-state index in [4.69, 9.17) is 10.8 Å². The number of rotatable bonds is 3. The van der Waals surface area contributed by atoms with Crippen molar-refractivity contribution in [2.75, 3.05) is 0 Å². The fourth-order valence-corrected chi connectivity index (χ4v) is 2.16. The molecule has 84 valence electrons. The van der Waals surface area contributed by atoms with Crippen molar-refractivity contribution < 1.29 is 9.90 Å². The molecule has 1 fully saturated rings. The van der Waals surface area contributed by atoms with E-state index < -0.39 is 5.97 Å². The SMILES string of the molecule is CC(CC(=O)O)[C@H]1CC[C@H](N)CC1.Cl. The van der Waals surface area contributed by atoms with E-state index in [1.54, 1.807) is 0 Å². The Morgan fingerprint density at radius 1 is 1.43 bits per heavy atom. The van der Waals surface area contributed by atoms with Crippen LogP contribution in [-0.4, -0.2) is 17.1 Å². The van der Waals surface area contributed by atoms with Crippen LogP contribution in [0.1, 0.15) is 39.0 Å². The zero-order chi connectivity index (χ0) is 9.84. The molecule has 0 radical (unpaired) electrons. The summed E-state index contributed by atoms with van der Waals surface area (Å²) in [7, 11) is 0.